The van der Waals surface area contributed by atoms with E-state index in [2.05, 4.69) is 4.98 Å². The van der Waals surface area contributed by atoms with Crippen LogP contribution in [0.25, 0.3) is 5.76 Å². The molecule has 1 saturated heterocycles. The van der Waals surface area contributed by atoms with E-state index in [0.29, 0.717) is 28.1 Å². The lowest BCUT2D eigenvalue weighted by molar-refractivity contribution is -0.132. The first-order chi connectivity index (χ1) is 18.6. The summed E-state index contributed by atoms with van der Waals surface area (Å²) in [5.74, 6) is -2.25. The number of hydrogen-bond acceptors (Lipinski definition) is 10. The predicted molar refractivity (Wildman–Crippen MR) is 145 cm³/mol. The number of phenols is 1. The van der Waals surface area contributed by atoms with Crippen LogP contribution in [-0.2, 0) is 14.3 Å². The summed E-state index contributed by atoms with van der Waals surface area (Å²) in [5, 5.41) is 21.8. The third kappa shape index (κ3) is 5.05. The third-order valence-electron chi connectivity index (χ3n) is 6.18. The molecule has 0 radical (unpaired) electrons. The van der Waals surface area contributed by atoms with Gasteiger partial charge in [-0.25, -0.2) is 9.78 Å². The Morgan fingerprint density at radius 2 is 1.85 bits per heavy atom. The Labute approximate surface area is 229 Å². The number of rotatable bonds is 8. The van der Waals surface area contributed by atoms with Crippen LogP contribution < -0.4 is 14.4 Å². The maximum absolute atomic E-state index is 13.5. The van der Waals surface area contributed by atoms with E-state index in [4.69, 9.17) is 14.2 Å². The van der Waals surface area contributed by atoms with Gasteiger partial charge in [0.25, 0.3) is 5.78 Å². The molecule has 0 spiro atoms. The topological polar surface area (TPSA) is 135 Å². The number of anilines is 1. The van der Waals surface area contributed by atoms with Crippen LogP contribution in [0.1, 0.15) is 51.9 Å². The number of amides is 1. The molecule has 0 saturated carbocycles. The molecule has 1 aliphatic heterocycles. The van der Waals surface area contributed by atoms with Gasteiger partial charge in [-0.2, -0.15) is 0 Å². The average Bonchev–Trinajstić information content (AvgIpc) is 3.41. The number of carbonyl (C=O) groups is 3. The SMILES string of the molecule is CCOC(=O)c1sc(N2C(=O)C(=O)C(=C(O)c3ccc(OC)cc3C)[C@@H]2c2ccc(O)c(OCC)c2)nc1C. The average molecular weight is 553 g/mol. The molecule has 0 unspecified atom stereocenters. The summed E-state index contributed by atoms with van der Waals surface area (Å²) in [6.45, 7) is 7.19. The highest BCUT2D eigenvalue weighted by Gasteiger charge is 2.48. The van der Waals surface area contributed by atoms with E-state index in [1.54, 1.807) is 45.9 Å². The second-order valence-corrected chi connectivity index (χ2v) is 9.62. The van der Waals surface area contributed by atoms with Crippen molar-refractivity contribution in [2.24, 2.45) is 0 Å². The van der Waals surface area contributed by atoms with Gasteiger partial charge >= 0.3 is 11.9 Å². The van der Waals surface area contributed by atoms with Crippen LogP contribution >= 0.6 is 11.3 Å². The number of esters is 1. The summed E-state index contributed by atoms with van der Waals surface area (Å²) < 4.78 is 15.9. The van der Waals surface area contributed by atoms with Crippen LogP contribution in [0.5, 0.6) is 17.2 Å². The van der Waals surface area contributed by atoms with Crippen LogP contribution in [-0.4, -0.2) is 53.2 Å². The van der Waals surface area contributed by atoms with Crippen LogP contribution in [0.3, 0.4) is 0 Å². The van der Waals surface area contributed by atoms with Gasteiger partial charge < -0.3 is 24.4 Å². The number of ether oxygens (including phenoxy) is 3. The Hall–Kier alpha value is -4.38. The molecule has 2 N–H and O–H groups in total. The maximum atomic E-state index is 13.5. The molecule has 1 amide bonds. The quantitative estimate of drug-likeness (QED) is 0.177. The van der Waals surface area contributed by atoms with Gasteiger partial charge in [0.05, 0.1) is 37.6 Å². The van der Waals surface area contributed by atoms with Gasteiger partial charge in [0.2, 0.25) is 0 Å². The van der Waals surface area contributed by atoms with Gasteiger partial charge in [-0.05, 0) is 69.2 Å². The summed E-state index contributed by atoms with van der Waals surface area (Å²) in [5.41, 5.74) is 1.50. The summed E-state index contributed by atoms with van der Waals surface area (Å²) >= 11 is 0.910. The van der Waals surface area contributed by atoms with Crippen molar-refractivity contribution in [3.05, 3.63) is 69.2 Å². The fourth-order valence-corrected chi connectivity index (χ4v) is 5.35. The highest BCUT2D eigenvalue weighted by molar-refractivity contribution is 7.17. The number of nitrogens with zero attached hydrogens (tertiary/aromatic N) is 2. The van der Waals surface area contributed by atoms with Gasteiger partial charge in [0, 0.05) is 5.56 Å². The number of thiazole rings is 1. The van der Waals surface area contributed by atoms with Crippen molar-refractivity contribution >= 4 is 39.9 Å². The van der Waals surface area contributed by atoms with Crippen molar-refractivity contribution in [3.63, 3.8) is 0 Å². The minimum absolute atomic E-state index is 0.0826. The molecule has 2 aromatic carbocycles. The zero-order valence-electron chi connectivity index (χ0n) is 22.1. The standard InChI is InChI=1S/C28H28N2O8S/c1-6-37-20-13-16(8-11-19(20)31)22-21(23(32)18-10-9-17(36-5)12-14(18)3)24(33)26(34)30(22)28-29-15(4)25(39-28)27(35)38-7-2/h8-13,22,31-32H,6-7H2,1-5H3/t22-/m0/s1. The fourth-order valence-electron chi connectivity index (χ4n) is 4.36. The van der Waals surface area contributed by atoms with E-state index >= 15 is 0 Å². The fraction of sp³-hybridized carbons (Fsp3) is 0.286. The van der Waals surface area contributed by atoms with Crippen LogP contribution in [0.2, 0.25) is 0 Å². The summed E-state index contributed by atoms with van der Waals surface area (Å²) in [6, 6.07) is 8.22. The minimum atomic E-state index is -1.13. The number of hydrogen-bond donors (Lipinski definition) is 2. The molecule has 3 aromatic rings. The number of phenolic OH excluding ortho intramolecular Hbond substituents is 1. The lowest BCUT2D eigenvalue weighted by Crippen LogP contribution is -2.29. The molecule has 1 atom stereocenters. The van der Waals surface area contributed by atoms with E-state index in [0.717, 1.165) is 16.2 Å². The van der Waals surface area contributed by atoms with E-state index in [1.165, 1.54) is 25.3 Å². The zero-order chi connectivity index (χ0) is 28.4. The molecule has 4 rings (SSSR count). The van der Waals surface area contributed by atoms with Crippen molar-refractivity contribution in [1.82, 2.24) is 4.98 Å². The molecule has 0 bridgehead atoms. The number of carbonyl (C=O) groups excluding carboxylic acids is 3. The number of Topliss-reactive ketones (excluding diaryl/α,β-unsaturated/α-hetero) is 1. The molecule has 10 nitrogen and oxygen atoms in total. The first-order valence-corrected chi connectivity index (χ1v) is 13.0. The number of aromatic nitrogens is 1. The molecule has 1 aromatic heterocycles. The van der Waals surface area contributed by atoms with Gasteiger partial charge in [-0.1, -0.05) is 17.4 Å². The number of methoxy groups -OCH3 is 1. The highest BCUT2D eigenvalue weighted by Crippen LogP contribution is 2.45. The smallest absolute Gasteiger partial charge is 0.350 e. The van der Waals surface area contributed by atoms with Gasteiger partial charge in [-0.15, -0.1) is 0 Å². The Morgan fingerprint density at radius 3 is 2.49 bits per heavy atom. The summed E-state index contributed by atoms with van der Waals surface area (Å²) in [7, 11) is 1.52. The monoisotopic (exact) mass is 552 g/mol. The molecule has 2 heterocycles. The van der Waals surface area contributed by atoms with Crippen molar-refractivity contribution in [3.8, 4) is 17.2 Å². The first kappa shape index (κ1) is 27.6. The van der Waals surface area contributed by atoms with Crippen LogP contribution in [0.15, 0.2) is 42.0 Å². The van der Waals surface area contributed by atoms with E-state index < -0.39 is 23.7 Å². The second kappa shape index (κ2) is 11.2. The highest BCUT2D eigenvalue weighted by atomic mass is 32.1. The van der Waals surface area contributed by atoms with Crippen molar-refractivity contribution < 1.29 is 38.8 Å². The number of aliphatic hydroxyl groups excluding tert-OH is 1. The Bertz CT molecular complexity index is 1490. The lowest BCUT2D eigenvalue weighted by atomic mass is 9.93. The number of aryl methyl sites for hydroxylation is 2. The number of ketones is 1. The molecule has 1 aliphatic rings. The van der Waals surface area contributed by atoms with Gasteiger partial charge in [0.1, 0.15) is 16.4 Å². The maximum Gasteiger partial charge on any atom is 0.350 e. The third-order valence-corrected chi connectivity index (χ3v) is 7.32. The molecular weight excluding hydrogens is 524 g/mol. The predicted octanol–water partition coefficient (Wildman–Crippen LogP) is 4.68. The minimum Gasteiger partial charge on any atom is -0.507 e. The van der Waals surface area contributed by atoms with E-state index in [9.17, 15) is 24.6 Å². The van der Waals surface area contributed by atoms with E-state index in [1.807, 2.05) is 0 Å². The van der Waals surface area contributed by atoms with E-state index in [-0.39, 0.29) is 46.1 Å². The summed E-state index contributed by atoms with van der Waals surface area (Å²) in [6.07, 6.45) is 0. The largest absolute Gasteiger partial charge is 0.507 e. The first-order valence-electron chi connectivity index (χ1n) is 12.2. The Kier molecular flexibility index (Phi) is 7.91. The normalized spacial score (nSPS) is 16.4. The number of aliphatic hydroxyl groups is 1. The number of benzene rings is 2. The molecular formula is C28H28N2O8S. The Morgan fingerprint density at radius 1 is 1.10 bits per heavy atom. The summed E-state index contributed by atoms with van der Waals surface area (Å²) in [4.78, 5) is 45.2. The Balaban J connectivity index is 1.96. The van der Waals surface area contributed by atoms with Crippen LogP contribution in [0, 0.1) is 13.8 Å². The van der Waals surface area contributed by atoms with Gasteiger partial charge in [0.15, 0.2) is 16.6 Å². The van der Waals surface area contributed by atoms with Crippen molar-refractivity contribution in [1.29, 1.82) is 0 Å². The molecule has 1 fully saturated rings. The van der Waals surface area contributed by atoms with Crippen LogP contribution in [0.4, 0.5) is 5.13 Å². The number of aromatic hydroxyl groups is 1. The lowest BCUT2D eigenvalue weighted by Gasteiger charge is -2.24. The molecule has 11 heteroatoms. The molecule has 204 valence electrons. The van der Waals surface area contributed by atoms with Gasteiger partial charge in [-0.3, -0.25) is 14.5 Å². The second-order valence-electron chi connectivity index (χ2n) is 8.64. The molecule has 0 aliphatic carbocycles. The van der Waals surface area contributed by atoms with Crippen molar-refractivity contribution in [2.45, 2.75) is 33.7 Å². The zero-order valence-corrected chi connectivity index (χ0v) is 22.9. The van der Waals surface area contributed by atoms with Crippen molar-refractivity contribution in [2.75, 3.05) is 25.2 Å². The molecule has 39 heavy (non-hydrogen) atoms.